The van der Waals surface area contributed by atoms with E-state index in [-0.39, 0.29) is 36.7 Å². The summed E-state index contributed by atoms with van der Waals surface area (Å²) in [6, 6.07) is 9.73. The molecule has 1 aliphatic heterocycles. The van der Waals surface area contributed by atoms with Crippen LogP contribution in [0.5, 0.6) is 0 Å². The van der Waals surface area contributed by atoms with Gasteiger partial charge in [-0.25, -0.2) is 0 Å². The van der Waals surface area contributed by atoms with Gasteiger partial charge in [0.05, 0.1) is 7.11 Å². The maximum absolute atomic E-state index is 12.8. The maximum Gasteiger partial charge on any atom is 0.305 e. The number of fused-ring (bicyclic) bond motifs is 1. The normalized spacial score (nSPS) is 13.8. The van der Waals surface area contributed by atoms with Gasteiger partial charge < -0.3 is 15.4 Å². The lowest BCUT2D eigenvalue weighted by Gasteiger charge is -2.19. The van der Waals surface area contributed by atoms with Crippen molar-refractivity contribution in [1.82, 2.24) is 20.8 Å². The Kier molecular flexibility index (Phi) is 7.82. The quantitative estimate of drug-likeness (QED) is 0.624. The number of aromatic amines is 1. The Labute approximate surface area is 164 Å². The van der Waals surface area contributed by atoms with Crippen LogP contribution in [-0.2, 0) is 28.9 Å². The second-order valence-electron chi connectivity index (χ2n) is 6.43. The summed E-state index contributed by atoms with van der Waals surface area (Å²) >= 11 is 0. The van der Waals surface area contributed by atoms with Gasteiger partial charge in [0.25, 0.3) is 5.91 Å². The highest BCUT2D eigenvalue weighted by Gasteiger charge is 2.24. The first-order valence-electron chi connectivity index (χ1n) is 8.86. The zero-order valence-electron chi connectivity index (χ0n) is 15.3. The van der Waals surface area contributed by atoms with Crippen molar-refractivity contribution < 1.29 is 14.3 Å². The predicted molar refractivity (Wildman–Crippen MR) is 104 cm³/mol. The summed E-state index contributed by atoms with van der Waals surface area (Å²) in [4.78, 5) is 24.3. The van der Waals surface area contributed by atoms with Crippen LogP contribution < -0.4 is 10.6 Å². The summed E-state index contributed by atoms with van der Waals surface area (Å²) in [7, 11) is 1.37. The molecule has 0 aliphatic carbocycles. The van der Waals surface area contributed by atoms with Crippen molar-refractivity contribution in [3.8, 4) is 0 Å². The molecule has 0 saturated carbocycles. The number of aromatic nitrogens is 2. The van der Waals surface area contributed by atoms with Gasteiger partial charge in [0.2, 0.25) is 0 Å². The number of carbonyl (C=O) groups excluding carboxylic acids is 2. The summed E-state index contributed by atoms with van der Waals surface area (Å²) in [5.41, 5.74) is 3.49. The number of nitrogens with zero attached hydrogens (tertiary/aromatic N) is 1. The smallest absolute Gasteiger partial charge is 0.305 e. The van der Waals surface area contributed by atoms with Crippen molar-refractivity contribution in [2.24, 2.45) is 0 Å². The number of methoxy groups -OCH3 is 1. The average Bonchev–Trinajstić information content (AvgIpc) is 3.11. The van der Waals surface area contributed by atoms with Gasteiger partial charge in [-0.3, -0.25) is 14.7 Å². The Hall–Kier alpha value is -2.38. The first kappa shape index (κ1) is 20.9. The molecule has 0 bridgehead atoms. The first-order chi connectivity index (χ1) is 12.7. The van der Waals surface area contributed by atoms with Crippen LogP contribution in [0.15, 0.2) is 30.3 Å². The van der Waals surface area contributed by atoms with Gasteiger partial charge in [-0.05, 0) is 18.4 Å². The number of rotatable bonds is 7. The van der Waals surface area contributed by atoms with Crippen molar-refractivity contribution in [1.29, 1.82) is 0 Å². The molecule has 2 aromatic rings. The van der Waals surface area contributed by atoms with Crippen LogP contribution in [0, 0.1) is 0 Å². The molecule has 0 saturated heterocycles. The lowest BCUT2D eigenvalue weighted by Crippen LogP contribution is -2.38. The lowest BCUT2D eigenvalue weighted by molar-refractivity contribution is -0.140. The highest BCUT2D eigenvalue weighted by atomic mass is 35.5. The van der Waals surface area contributed by atoms with Crippen LogP contribution in [0.4, 0.5) is 0 Å². The third-order valence-electron chi connectivity index (χ3n) is 4.61. The van der Waals surface area contributed by atoms with Gasteiger partial charge in [-0.2, -0.15) is 5.10 Å². The van der Waals surface area contributed by atoms with Crippen molar-refractivity contribution in [2.45, 2.75) is 38.3 Å². The van der Waals surface area contributed by atoms with Crippen LogP contribution in [0.2, 0.25) is 0 Å². The molecular weight excluding hydrogens is 368 g/mol. The molecule has 1 amide bonds. The molecule has 1 aromatic carbocycles. The highest BCUT2D eigenvalue weighted by molar-refractivity contribution is 5.94. The van der Waals surface area contributed by atoms with Gasteiger partial charge in [0.15, 0.2) is 5.69 Å². The maximum atomic E-state index is 12.8. The highest BCUT2D eigenvalue weighted by Crippen LogP contribution is 2.16. The van der Waals surface area contributed by atoms with Crippen molar-refractivity contribution in [3.05, 3.63) is 52.8 Å². The van der Waals surface area contributed by atoms with Gasteiger partial charge in [-0.1, -0.05) is 30.3 Å². The predicted octanol–water partition coefficient (Wildman–Crippen LogP) is 1.77. The number of nitrogens with one attached hydrogen (secondary N) is 3. The number of benzene rings is 1. The van der Waals surface area contributed by atoms with Crippen molar-refractivity contribution >= 4 is 24.3 Å². The Morgan fingerprint density at radius 2 is 2.07 bits per heavy atom. The summed E-state index contributed by atoms with van der Waals surface area (Å²) in [6.45, 7) is 1.52. The zero-order chi connectivity index (χ0) is 18.4. The van der Waals surface area contributed by atoms with Crippen LogP contribution >= 0.6 is 12.4 Å². The first-order valence-corrected chi connectivity index (χ1v) is 8.86. The summed E-state index contributed by atoms with van der Waals surface area (Å²) in [6.07, 6.45) is 2.26. The summed E-state index contributed by atoms with van der Waals surface area (Å²) in [5.74, 6) is -0.490. The molecule has 0 spiro atoms. The van der Waals surface area contributed by atoms with Gasteiger partial charge in [-0.15, -0.1) is 12.4 Å². The summed E-state index contributed by atoms with van der Waals surface area (Å²) in [5, 5.41) is 13.5. The Balaban J connectivity index is 0.00000261. The van der Waals surface area contributed by atoms with E-state index in [1.54, 1.807) is 0 Å². The molecular formula is C19H25ClN4O3. The number of esters is 1. The molecule has 0 radical (unpaired) electrons. The van der Waals surface area contributed by atoms with E-state index in [9.17, 15) is 9.59 Å². The fourth-order valence-corrected chi connectivity index (χ4v) is 3.18. The second kappa shape index (κ2) is 10.1. The van der Waals surface area contributed by atoms with Crippen LogP contribution in [0.1, 0.15) is 40.2 Å². The molecule has 27 heavy (non-hydrogen) atoms. The second-order valence-corrected chi connectivity index (χ2v) is 6.43. The third-order valence-corrected chi connectivity index (χ3v) is 4.61. The van der Waals surface area contributed by atoms with E-state index in [1.807, 2.05) is 30.3 Å². The van der Waals surface area contributed by atoms with E-state index < -0.39 is 0 Å². The third kappa shape index (κ3) is 5.55. The number of halogens is 1. The average molecular weight is 393 g/mol. The van der Waals surface area contributed by atoms with E-state index in [0.29, 0.717) is 25.1 Å². The lowest BCUT2D eigenvalue weighted by atomic mass is 10.0. The number of hydrogen-bond donors (Lipinski definition) is 3. The van der Waals surface area contributed by atoms with Gasteiger partial charge in [0, 0.05) is 43.2 Å². The van der Waals surface area contributed by atoms with Gasteiger partial charge >= 0.3 is 5.97 Å². The molecule has 2 heterocycles. The van der Waals surface area contributed by atoms with Crippen molar-refractivity contribution in [2.75, 3.05) is 13.7 Å². The SMILES string of the molecule is COC(=O)CCC(Cc1ccccc1)NC(=O)c1n[nH]c2c1CNCC2.Cl. The van der Waals surface area contributed by atoms with E-state index in [1.165, 1.54) is 7.11 Å². The number of ether oxygens (including phenoxy) is 1. The topological polar surface area (TPSA) is 96.1 Å². The van der Waals surface area contributed by atoms with E-state index in [4.69, 9.17) is 4.74 Å². The van der Waals surface area contributed by atoms with Crippen LogP contribution in [0.25, 0.3) is 0 Å². The monoisotopic (exact) mass is 392 g/mol. The fourth-order valence-electron chi connectivity index (χ4n) is 3.18. The van der Waals surface area contributed by atoms with Crippen LogP contribution in [-0.4, -0.2) is 41.8 Å². The number of carbonyl (C=O) groups is 2. The molecule has 1 atom stereocenters. The summed E-state index contributed by atoms with van der Waals surface area (Å²) < 4.78 is 4.73. The molecule has 146 valence electrons. The minimum absolute atomic E-state index is 0. The largest absolute Gasteiger partial charge is 0.469 e. The zero-order valence-corrected chi connectivity index (χ0v) is 16.1. The van der Waals surface area contributed by atoms with Gasteiger partial charge in [0.1, 0.15) is 0 Å². The number of hydrogen-bond acceptors (Lipinski definition) is 5. The molecule has 3 N–H and O–H groups in total. The Bertz CT molecular complexity index is 764. The molecule has 7 nitrogen and oxygen atoms in total. The Morgan fingerprint density at radius 3 is 2.81 bits per heavy atom. The van der Waals surface area contributed by atoms with E-state index >= 15 is 0 Å². The minimum atomic E-state index is -0.279. The van der Waals surface area contributed by atoms with Crippen molar-refractivity contribution in [3.63, 3.8) is 0 Å². The fraction of sp³-hybridized carbons (Fsp3) is 0.421. The molecule has 8 heteroatoms. The minimum Gasteiger partial charge on any atom is -0.469 e. The molecule has 1 aromatic heterocycles. The number of H-pyrrole nitrogens is 1. The molecule has 1 aliphatic rings. The van der Waals surface area contributed by atoms with Crippen LogP contribution in [0.3, 0.4) is 0 Å². The molecule has 1 unspecified atom stereocenters. The Morgan fingerprint density at radius 1 is 1.30 bits per heavy atom. The standard InChI is InChI=1S/C19H24N4O3.ClH/c1-26-17(24)8-7-14(11-13-5-3-2-4-6-13)21-19(25)18-15-12-20-10-9-16(15)22-23-18;/h2-6,14,20H,7-12H2,1H3,(H,21,25)(H,22,23);1H. The molecule has 3 rings (SSSR count). The van der Waals surface area contributed by atoms with E-state index in [0.717, 1.165) is 29.8 Å². The molecule has 0 fully saturated rings. The van der Waals surface area contributed by atoms with E-state index in [2.05, 4.69) is 20.8 Å². The number of amides is 1.